The number of hydrogen-bond acceptors (Lipinski definition) is 13. The van der Waals surface area contributed by atoms with E-state index in [9.17, 15) is 24.3 Å². The van der Waals surface area contributed by atoms with Crippen molar-refractivity contribution < 1.29 is 62.2 Å². The zero-order valence-electron chi connectivity index (χ0n) is 55.1. The first-order valence-electron chi connectivity index (χ1n) is 30.0. The zero-order chi connectivity index (χ0) is 63.8. The van der Waals surface area contributed by atoms with Crippen molar-refractivity contribution in [2.24, 2.45) is 23.7 Å². The Labute approximate surface area is 509 Å². The Hall–Kier alpha value is -4.97. The molecule has 17 heteroatoms. The Morgan fingerprint density at radius 2 is 0.952 bits per heavy atom. The van der Waals surface area contributed by atoms with Crippen molar-refractivity contribution in [1.29, 1.82) is 0 Å². The summed E-state index contributed by atoms with van der Waals surface area (Å²) in [4.78, 5) is 55.5. The topological polar surface area (TPSA) is 169 Å². The number of esters is 2. The van der Waals surface area contributed by atoms with Crippen molar-refractivity contribution in [2.75, 3.05) is 22.9 Å². The van der Waals surface area contributed by atoms with Crippen molar-refractivity contribution in [3.05, 3.63) is 88.5 Å². The second-order valence-corrected chi connectivity index (χ2v) is 34.6. The summed E-state index contributed by atoms with van der Waals surface area (Å²) in [7, 11) is -1.39. The van der Waals surface area contributed by atoms with E-state index in [1.54, 1.807) is 37.8 Å². The third-order valence-electron chi connectivity index (χ3n) is 15.5. The van der Waals surface area contributed by atoms with Crippen LogP contribution in [0.2, 0.25) is 18.1 Å². The summed E-state index contributed by atoms with van der Waals surface area (Å²) in [5.74, 6) is -2.53. The summed E-state index contributed by atoms with van der Waals surface area (Å²) in [5, 5.41) is 11.3. The van der Waals surface area contributed by atoms with Gasteiger partial charge in [0, 0.05) is 48.5 Å². The third kappa shape index (κ3) is 20.3. The monoisotopic (exact) mass is 1210 g/mol. The number of halogens is 1. The minimum absolute atomic E-state index is 0.0134. The van der Waals surface area contributed by atoms with Crippen LogP contribution in [0.15, 0.2) is 60.7 Å². The van der Waals surface area contributed by atoms with Gasteiger partial charge in [-0.2, -0.15) is 11.1 Å². The number of aryl methyl sites for hydroxylation is 1. The number of carbonyl (C=O) groups excluding carboxylic acids is 4. The Balaban J connectivity index is 0.000000319. The molecule has 84 heavy (non-hydrogen) atoms. The highest BCUT2D eigenvalue weighted by Gasteiger charge is 2.44. The molecule has 0 aromatic heterocycles. The first kappa shape index (κ1) is 71.5. The molecular formula is C67H103ClN2O13Si. The predicted octanol–water partition coefficient (Wildman–Crippen LogP) is 16.8. The molecular weight excluding hydrogens is 1100 g/mol. The number of amides is 2. The number of phenols is 1. The number of carbonyl (C=O) groups is 4. The van der Waals surface area contributed by atoms with Gasteiger partial charge in [-0.25, -0.2) is 19.2 Å². The molecule has 0 aliphatic carbocycles. The Kier molecular flexibility index (Phi) is 24.4. The molecule has 0 saturated carbocycles. The number of fused-ring (bicyclic) bond motifs is 4. The Morgan fingerprint density at radius 1 is 0.607 bits per heavy atom. The Bertz CT molecular complexity index is 2540. The zero-order valence-corrected chi connectivity index (χ0v) is 56.9. The lowest BCUT2D eigenvalue weighted by atomic mass is 9.93. The van der Waals surface area contributed by atoms with Crippen LogP contribution in [0.1, 0.15) is 196 Å². The average molecular weight is 1210 g/mol. The molecule has 15 nitrogen and oxygen atoms in total. The first-order chi connectivity index (χ1) is 38.5. The maximum atomic E-state index is 13.4. The van der Waals surface area contributed by atoms with Crippen LogP contribution in [0.4, 0.5) is 21.0 Å². The number of rotatable bonds is 4. The average Bonchev–Trinajstić information content (AvgIpc) is 2.57. The second-order valence-electron chi connectivity index (χ2n) is 27.3. The molecule has 2 amide bonds. The van der Waals surface area contributed by atoms with E-state index >= 15 is 0 Å². The fourth-order valence-electron chi connectivity index (χ4n) is 9.52. The van der Waals surface area contributed by atoms with Gasteiger partial charge < -0.3 is 43.0 Å². The minimum atomic E-state index is -1.39. The van der Waals surface area contributed by atoms with Crippen molar-refractivity contribution in [1.82, 2.24) is 0 Å². The first-order valence-corrected chi connectivity index (χ1v) is 34.0. The number of benzene rings is 2. The van der Waals surface area contributed by atoms with E-state index in [1.165, 1.54) is 11.0 Å². The number of ether oxygens (including phenoxy) is 8. The smallest absolute Gasteiger partial charge is 0.414 e. The number of phenolic OH excluding ortho intramolecular Hbond substituents is 1. The summed E-state index contributed by atoms with van der Waals surface area (Å²) in [5.41, 5.74) is 2.13. The van der Waals surface area contributed by atoms with Crippen LogP contribution in [-0.4, -0.2) is 109 Å². The molecule has 10 atom stereocenters. The lowest BCUT2D eigenvalue weighted by Crippen LogP contribution is -2.37. The van der Waals surface area contributed by atoms with E-state index in [4.69, 9.17) is 49.0 Å². The Morgan fingerprint density at radius 3 is 1.31 bits per heavy atom. The van der Waals surface area contributed by atoms with Gasteiger partial charge in [-0.15, -0.1) is 0 Å². The fraction of sp³-hybridized carbons (Fsp3) is 0.642. The molecule has 0 radical (unpaired) electrons. The molecule has 470 valence electrons. The number of anilines is 2. The van der Waals surface area contributed by atoms with Crippen LogP contribution in [-0.2, 0) is 37.9 Å². The normalized spacial score (nSPS) is 27.9. The molecule has 2 aromatic carbocycles. The SMILES string of the molecule is CC(C)(C)[Si](C)(C)Cl.CCN(C(=O)OC(C)(C)C)c1cc(C)c2c(c1)/C=C/C[C@@H]1OC(C)(C)O[C@@H]1C(C)/C=C\[C@@H](C)[C@H](C)OC2=O.CCN(C(=O)OC(C)(C)C)c1cc(O)c2c(c1)/C=C/C[C@@H]1OC(C)(C)O[C@@H]1C(C)/C=C\[C@@H](C)[C@H](C)OC2=O. The van der Waals surface area contributed by atoms with E-state index in [0.717, 1.165) is 5.56 Å². The molecule has 4 aliphatic heterocycles. The standard InChI is InChI=1S/C31H45NO6.C30H43NO7.C6H15ClSi/c1-11-32(29(34)38-30(6,7)8)24-17-21(4)26-23(18-24)13-12-14-25-27(37-31(9,10)36-25)20(3)16-15-19(2)22(5)35-28(26)33;1-10-31(28(34)38-29(5,6)7)22-16-21-12-11-13-24-26(37-30(8,9)36-24)19(3)15-14-18(2)20(4)35-27(33)25(21)23(32)17-22;1-6(2,3)8(4,5)7/h12-13,15-20,22,25,27H,11,14H2,1-10H3;11-12,14-20,24,26,32H,10,13H2,1-9H3;1-5H3/b13-12+,16-15-;12-11+,15-14-;/t19-,20?,22+,25+,27-;18-,19?,20+,24+,26-;/m11./s1. The molecule has 2 saturated heterocycles. The number of aromatic hydroxyl groups is 1. The van der Waals surface area contributed by atoms with E-state index in [-0.39, 0.29) is 71.5 Å². The highest BCUT2D eigenvalue weighted by molar-refractivity contribution is 7.20. The van der Waals surface area contributed by atoms with Gasteiger partial charge in [0.15, 0.2) is 19.0 Å². The maximum absolute atomic E-state index is 13.4. The molecule has 1 N–H and O–H groups in total. The van der Waals surface area contributed by atoms with Gasteiger partial charge in [-0.05, 0) is 157 Å². The lowest BCUT2D eigenvalue weighted by molar-refractivity contribution is -0.148. The van der Waals surface area contributed by atoms with Crippen LogP contribution in [0.3, 0.4) is 0 Å². The van der Waals surface area contributed by atoms with Crippen LogP contribution in [0, 0.1) is 30.6 Å². The number of nitrogens with zero attached hydrogens (tertiary/aromatic N) is 2. The van der Waals surface area contributed by atoms with Gasteiger partial charge in [-0.1, -0.05) is 110 Å². The molecule has 0 spiro atoms. The summed E-state index contributed by atoms with van der Waals surface area (Å²) in [6.07, 6.45) is 14.7. The van der Waals surface area contributed by atoms with Gasteiger partial charge in [0.25, 0.3) is 0 Å². The summed E-state index contributed by atoms with van der Waals surface area (Å²) in [6, 6.07) is 6.78. The largest absolute Gasteiger partial charge is 0.507 e. The molecule has 2 unspecified atom stereocenters. The van der Waals surface area contributed by atoms with Gasteiger partial charge >= 0.3 is 24.1 Å². The quantitative estimate of drug-likeness (QED) is 0.101. The van der Waals surface area contributed by atoms with Gasteiger partial charge in [-0.3, -0.25) is 9.80 Å². The van der Waals surface area contributed by atoms with Crippen LogP contribution in [0.25, 0.3) is 12.2 Å². The molecule has 2 fully saturated rings. The summed E-state index contributed by atoms with van der Waals surface area (Å²) >= 11 is 6.15. The fourth-order valence-corrected chi connectivity index (χ4v) is 9.52. The van der Waals surface area contributed by atoms with E-state index in [0.29, 0.717) is 59.0 Å². The maximum Gasteiger partial charge on any atom is 0.414 e. The van der Waals surface area contributed by atoms with Gasteiger partial charge in [0.05, 0.1) is 35.7 Å². The second kappa shape index (κ2) is 28.7. The van der Waals surface area contributed by atoms with Crippen molar-refractivity contribution in [2.45, 2.75) is 243 Å². The van der Waals surface area contributed by atoms with Crippen molar-refractivity contribution >= 4 is 66.1 Å². The molecule has 2 aromatic rings. The minimum Gasteiger partial charge on any atom is -0.507 e. The van der Waals surface area contributed by atoms with E-state index in [1.807, 2.05) is 133 Å². The molecule has 0 bridgehead atoms. The van der Waals surface area contributed by atoms with Crippen LogP contribution >= 0.6 is 11.1 Å². The van der Waals surface area contributed by atoms with Gasteiger partial charge in [0.2, 0.25) is 0 Å². The number of cyclic esters (lactones) is 2. The third-order valence-corrected chi connectivity index (χ3v) is 20.7. The molecule has 4 aliphatic rings. The van der Waals surface area contributed by atoms with Gasteiger partial charge in [0.1, 0.15) is 34.7 Å². The molecule has 4 heterocycles. The number of hydrogen-bond donors (Lipinski definition) is 1. The van der Waals surface area contributed by atoms with Crippen LogP contribution < -0.4 is 9.80 Å². The predicted molar refractivity (Wildman–Crippen MR) is 340 cm³/mol. The molecule has 6 rings (SSSR count). The highest BCUT2D eigenvalue weighted by atomic mass is 35.6. The van der Waals surface area contributed by atoms with Crippen LogP contribution in [0.5, 0.6) is 5.75 Å². The summed E-state index contributed by atoms with van der Waals surface area (Å²) in [6.45, 7) is 47.8. The van der Waals surface area contributed by atoms with Crippen molar-refractivity contribution in [3.8, 4) is 5.75 Å². The lowest BCUT2D eigenvalue weighted by Gasteiger charge is -2.29. The van der Waals surface area contributed by atoms with Crippen molar-refractivity contribution in [3.63, 3.8) is 0 Å². The summed E-state index contributed by atoms with van der Waals surface area (Å²) < 4.78 is 47.8. The van der Waals surface area contributed by atoms with E-state index < -0.39 is 54.4 Å². The van der Waals surface area contributed by atoms with E-state index in [2.05, 4.69) is 65.9 Å². The highest BCUT2D eigenvalue weighted by Crippen LogP contribution is 2.40.